The number of pyridine rings is 3. The minimum atomic E-state index is 0.697. The van der Waals surface area contributed by atoms with Gasteiger partial charge in [0.05, 0.1) is 55.3 Å². The lowest BCUT2D eigenvalue weighted by Gasteiger charge is -2.23. The molecule has 0 bridgehead atoms. The second-order valence-corrected chi connectivity index (χ2v) is 12.5. The van der Waals surface area contributed by atoms with Gasteiger partial charge in [0.25, 0.3) is 0 Å². The molecule has 0 fully saturated rings. The maximum atomic E-state index is 4.90. The monoisotopic (exact) mass is 622 g/mol. The molecule has 0 unspecified atom stereocenters. The smallest absolute Gasteiger partial charge is 0.0963 e. The predicted octanol–water partition coefficient (Wildman–Crippen LogP) is 10.5. The summed E-state index contributed by atoms with van der Waals surface area (Å²) in [6, 6.07) is 38.5. The van der Waals surface area contributed by atoms with E-state index in [1.807, 2.05) is 36.8 Å². The summed E-state index contributed by atoms with van der Waals surface area (Å²) in [6.45, 7) is 7.53. The molecule has 0 aliphatic carbocycles. The molecule has 6 nitrogen and oxygen atoms in total. The minimum absolute atomic E-state index is 0.697. The first-order chi connectivity index (χ1) is 23.7. The lowest BCUT2D eigenvalue weighted by molar-refractivity contribution is 0.842. The topological polar surface area (TPSA) is 53.5 Å². The number of fused-ring (bicyclic) bond motifs is 9. The molecule has 9 rings (SSSR count). The van der Waals surface area contributed by atoms with E-state index in [2.05, 4.69) is 125 Å². The van der Waals surface area contributed by atoms with Crippen molar-refractivity contribution in [2.75, 3.05) is 0 Å². The fourth-order valence-electron chi connectivity index (χ4n) is 7.85. The number of para-hydroxylation sites is 3. The van der Waals surface area contributed by atoms with Crippen LogP contribution in [0, 0.1) is 0 Å². The van der Waals surface area contributed by atoms with Gasteiger partial charge in [0.15, 0.2) is 0 Å². The number of benzene rings is 3. The summed E-state index contributed by atoms with van der Waals surface area (Å²) in [5, 5.41) is 3.47. The normalized spacial score (nSPS) is 13.3. The molecule has 0 saturated carbocycles. The lowest BCUT2D eigenvalue weighted by Crippen LogP contribution is -2.10. The van der Waals surface area contributed by atoms with E-state index in [1.54, 1.807) is 0 Å². The van der Waals surface area contributed by atoms with Crippen molar-refractivity contribution in [2.24, 2.45) is 0 Å². The third-order valence-electron chi connectivity index (χ3n) is 9.80. The Morgan fingerprint density at radius 3 is 1.52 bits per heavy atom. The molecule has 48 heavy (non-hydrogen) atoms. The fraction of sp³-hybridized carbons (Fsp3) is 0.119. The Balaban J connectivity index is 1.40. The van der Waals surface area contributed by atoms with Crippen LogP contribution in [-0.4, -0.2) is 28.7 Å². The Kier molecular flexibility index (Phi) is 6.50. The molecule has 3 aromatic carbocycles. The van der Waals surface area contributed by atoms with Crippen LogP contribution < -0.4 is 0 Å². The molecular formula is C42H34N6. The number of aromatic nitrogens is 6. The van der Waals surface area contributed by atoms with Crippen molar-refractivity contribution in [3.05, 3.63) is 139 Å². The van der Waals surface area contributed by atoms with Crippen LogP contribution >= 0.6 is 0 Å². The summed E-state index contributed by atoms with van der Waals surface area (Å²) >= 11 is 0. The third-order valence-corrected chi connectivity index (χ3v) is 9.80. The van der Waals surface area contributed by atoms with Gasteiger partial charge in [0.1, 0.15) is 0 Å². The van der Waals surface area contributed by atoms with Crippen LogP contribution in [0.1, 0.15) is 27.2 Å². The van der Waals surface area contributed by atoms with Gasteiger partial charge >= 0.3 is 0 Å². The van der Waals surface area contributed by atoms with Crippen LogP contribution in [0.25, 0.3) is 77.2 Å². The summed E-state index contributed by atoms with van der Waals surface area (Å²) in [4.78, 5) is 14.6. The Hall–Kier alpha value is -6.01. The van der Waals surface area contributed by atoms with Gasteiger partial charge in [-0.15, -0.1) is 0 Å². The van der Waals surface area contributed by atoms with Crippen LogP contribution in [0.5, 0.6) is 0 Å². The molecule has 0 amide bonds. The van der Waals surface area contributed by atoms with Gasteiger partial charge in [-0.1, -0.05) is 61.5 Å². The average molecular weight is 623 g/mol. The summed E-state index contributed by atoms with van der Waals surface area (Å²) in [6.07, 6.45) is 6.51. The average Bonchev–Trinajstić information content (AvgIpc) is 3.76. The van der Waals surface area contributed by atoms with Gasteiger partial charge in [-0.25, -0.2) is 0 Å². The van der Waals surface area contributed by atoms with Gasteiger partial charge < -0.3 is 13.7 Å². The first-order valence-corrected chi connectivity index (χ1v) is 16.6. The molecule has 0 aliphatic rings. The zero-order chi connectivity index (χ0) is 32.4. The number of nitrogens with zero attached hydrogens (tertiary/aromatic N) is 6. The summed E-state index contributed by atoms with van der Waals surface area (Å²) < 4.78 is 7.29. The Labute approximate surface area is 277 Å². The van der Waals surface area contributed by atoms with Crippen molar-refractivity contribution in [3.8, 4) is 0 Å². The van der Waals surface area contributed by atoms with Crippen molar-refractivity contribution in [2.45, 2.75) is 33.7 Å². The number of rotatable bonds is 6. The largest absolute Gasteiger partial charge is 0.335 e. The predicted molar refractivity (Wildman–Crippen MR) is 200 cm³/mol. The van der Waals surface area contributed by atoms with E-state index in [9.17, 15) is 0 Å². The van der Waals surface area contributed by atoms with E-state index in [4.69, 9.17) is 15.0 Å². The first-order valence-electron chi connectivity index (χ1n) is 16.6. The molecule has 0 spiro atoms. The zero-order valence-electron chi connectivity index (χ0n) is 27.2. The van der Waals surface area contributed by atoms with Gasteiger partial charge in [0.2, 0.25) is 0 Å². The Morgan fingerprint density at radius 1 is 0.500 bits per heavy atom. The minimum Gasteiger partial charge on any atom is -0.335 e. The van der Waals surface area contributed by atoms with Crippen LogP contribution in [0.2, 0.25) is 0 Å². The van der Waals surface area contributed by atoms with E-state index < -0.39 is 0 Å². The van der Waals surface area contributed by atoms with Crippen LogP contribution in [0.15, 0.2) is 139 Å². The van der Waals surface area contributed by atoms with E-state index in [0.29, 0.717) is 6.54 Å². The van der Waals surface area contributed by atoms with E-state index in [0.717, 1.165) is 61.3 Å². The molecule has 6 heteroatoms. The fourth-order valence-corrected chi connectivity index (χ4v) is 7.85. The quantitative estimate of drug-likeness (QED) is 0.173. The second-order valence-electron chi connectivity index (χ2n) is 12.5. The summed E-state index contributed by atoms with van der Waals surface area (Å²) in [7, 11) is 0. The van der Waals surface area contributed by atoms with Crippen molar-refractivity contribution in [1.82, 2.24) is 28.7 Å². The van der Waals surface area contributed by atoms with E-state index >= 15 is 0 Å². The molecule has 0 radical (unpaired) electrons. The molecule has 6 heterocycles. The molecular weight excluding hydrogens is 589 g/mol. The maximum Gasteiger partial charge on any atom is 0.0963 e. The number of hydrogen-bond acceptors (Lipinski definition) is 3. The third kappa shape index (κ3) is 4.09. The number of hydrogen-bond donors (Lipinski definition) is 0. The van der Waals surface area contributed by atoms with E-state index in [1.165, 1.54) is 33.4 Å². The summed E-state index contributed by atoms with van der Waals surface area (Å²) in [5.41, 5.74) is 14.8. The van der Waals surface area contributed by atoms with Crippen molar-refractivity contribution in [3.63, 3.8) is 0 Å². The Morgan fingerprint density at radius 2 is 0.938 bits per heavy atom. The summed E-state index contributed by atoms with van der Waals surface area (Å²) in [5.74, 6) is 0. The van der Waals surface area contributed by atoms with Crippen molar-refractivity contribution >= 4 is 77.2 Å². The molecule has 0 N–H and O–H groups in total. The first kappa shape index (κ1) is 28.2. The van der Waals surface area contributed by atoms with Crippen molar-refractivity contribution < 1.29 is 0 Å². The standard InChI is InChI=1S/C42H34N6/c1-4-32(47-34-18-9-6-15-30(34)40-37(47)21-12-24-44-40)28(3)42(48-35-19-10-7-16-31(35)41-38(48)22-13-25-45-41)27(2)26-46-33-17-8-5-14-29(33)39-36(46)20-11-23-43-39/h5-25H,4,26H2,1-3H3/b32-28+,42-27+. The van der Waals surface area contributed by atoms with Crippen LogP contribution in [0.4, 0.5) is 0 Å². The van der Waals surface area contributed by atoms with Gasteiger partial charge in [-0.2, -0.15) is 0 Å². The number of allylic oxidation sites excluding steroid dienone is 4. The van der Waals surface area contributed by atoms with Crippen LogP contribution in [0.3, 0.4) is 0 Å². The molecule has 0 aliphatic heterocycles. The molecule has 232 valence electrons. The maximum absolute atomic E-state index is 4.90. The highest BCUT2D eigenvalue weighted by Gasteiger charge is 2.23. The molecule has 6 aromatic heterocycles. The second kappa shape index (κ2) is 11.1. The van der Waals surface area contributed by atoms with Crippen LogP contribution in [-0.2, 0) is 6.54 Å². The highest BCUT2D eigenvalue weighted by atomic mass is 15.1. The highest BCUT2D eigenvalue weighted by Crippen LogP contribution is 2.40. The molecule has 9 aromatic rings. The van der Waals surface area contributed by atoms with Gasteiger partial charge in [-0.3, -0.25) is 15.0 Å². The lowest BCUT2D eigenvalue weighted by atomic mass is 10.0. The van der Waals surface area contributed by atoms with Gasteiger partial charge in [0, 0.05) is 47.0 Å². The zero-order valence-corrected chi connectivity index (χ0v) is 27.2. The van der Waals surface area contributed by atoms with Crippen molar-refractivity contribution in [1.29, 1.82) is 0 Å². The molecule has 0 atom stereocenters. The molecule has 0 saturated heterocycles. The van der Waals surface area contributed by atoms with E-state index in [-0.39, 0.29) is 0 Å². The SMILES string of the molecule is CC/C(=C(C)\C(=C(\C)Cn1c2ccccc2c2ncccc21)n1c2ccccc2c2ncccc21)n1c2ccccc2c2ncccc21. The Bertz CT molecular complexity index is 2610. The van der Waals surface area contributed by atoms with Gasteiger partial charge in [-0.05, 0) is 86.0 Å². The highest BCUT2D eigenvalue weighted by molar-refractivity contribution is 6.11.